The highest BCUT2D eigenvalue weighted by molar-refractivity contribution is 5.58. The molecule has 0 radical (unpaired) electrons. The van der Waals surface area contributed by atoms with Crippen molar-refractivity contribution in [3.8, 4) is 11.3 Å². The molecule has 3 rings (SSSR count). The fraction of sp³-hybridized carbons (Fsp3) is 0.286. The van der Waals surface area contributed by atoms with Crippen molar-refractivity contribution in [1.29, 1.82) is 0 Å². The second kappa shape index (κ2) is 4.14. The Bertz CT molecular complexity index is 449. The predicted octanol–water partition coefficient (Wildman–Crippen LogP) is 2.98. The van der Waals surface area contributed by atoms with E-state index in [1.54, 1.807) is 0 Å². The molecule has 82 valence electrons. The number of nitrogens with one attached hydrogen (secondary N) is 1. The molecule has 2 heteroatoms. The number of aryl methyl sites for hydroxylation is 1. The molecule has 2 heterocycles. The minimum absolute atomic E-state index is 0.936. The third-order valence-electron chi connectivity index (χ3n) is 3.03. The van der Waals surface area contributed by atoms with E-state index in [4.69, 9.17) is 4.42 Å². The molecule has 1 aromatic carbocycles. The second-order valence-electron chi connectivity index (χ2n) is 4.21. The number of rotatable bonds is 1. The number of furan rings is 1. The quantitative estimate of drug-likeness (QED) is 0.787. The lowest BCUT2D eigenvalue weighted by atomic mass is 10.1. The Morgan fingerprint density at radius 2 is 2.00 bits per heavy atom. The predicted molar refractivity (Wildman–Crippen MR) is 64.2 cm³/mol. The van der Waals surface area contributed by atoms with Gasteiger partial charge in [-0.1, -0.05) is 30.3 Å². The second-order valence-corrected chi connectivity index (χ2v) is 4.21. The molecule has 0 spiro atoms. The lowest BCUT2D eigenvalue weighted by Gasteiger charge is -1.97. The summed E-state index contributed by atoms with van der Waals surface area (Å²) in [7, 11) is 0. The summed E-state index contributed by atoms with van der Waals surface area (Å²) in [5.41, 5.74) is 2.48. The Balaban J connectivity index is 1.98. The third-order valence-corrected chi connectivity index (χ3v) is 3.03. The van der Waals surface area contributed by atoms with Crippen LogP contribution in [0.15, 0.2) is 40.8 Å². The monoisotopic (exact) mass is 213 g/mol. The molecule has 1 N–H and O–H groups in total. The topological polar surface area (TPSA) is 25.2 Å². The molecule has 1 aliphatic rings. The first-order valence-electron chi connectivity index (χ1n) is 5.81. The zero-order valence-electron chi connectivity index (χ0n) is 9.20. The van der Waals surface area contributed by atoms with Gasteiger partial charge in [-0.05, 0) is 19.0 Å². The van der Waals surface area contributed by atoms with E-state index in [1.165, 1.54) is 5.56 Å². The zero-order valence-corrected chi connectivity index (χ0v) is 9.20. The van der Waals surface area contributed by atoms with Crippen molar-refractivity contribution in [3.05, 3.63) is 47.7 Å². The smallest absolute Gasteiger partial charge is 0.134 e. The van der Waals surface area contributed by atoms with Gasteiger partial charge in [-0.3, -0.25) is 0 Å². The standard InChI is InChI=1S/C14H15NO/c1-2-5-11(6-3-1)14-9-12-10-15-8-4-7-13(12)16-14/h1-3,5-6,9,15H,4,7-8,10H2. The van der Waals surface area contributed by atoms with E-state index < -0.39 is 0 Å². The van der Waals surface area contributed by atoms with Crippen LogP contribution in [0.1, 0.15) is 17.7 Å². The number of hydrogen-bond acceptors (Lipinski definition) is 2. The van der Waals surface area contributed by atoms with Crippen molar-refractivity contribution >= 4 is 0 Å². The van der Waals surface area contributed by atoms with Gasteiger partial charge in [-0.2, -0.15) is 0 Å². The first kappa shape index (κ1) is 9.67. The van der Waals surface area contributed by atoms with Gasteiger partial charge in [-0.25, -0.2) is 0 Å². The molecular formula is C14H15NO. The number of benzene rings is 1. The summed E-state index contributed by atoms with van der Waals surface area (Å²) >= 11 is 0. The summed E-state index contributed by atoms with van der Waals surface area (Å²) in [6.07, 6.45) is 2.21. The van der Waals surface area contributed by atoms with E-state index in [0.29, 0.717) is 0 Å². The van der Waals surface area contributed by atoms with Crippen molar-refractivity contribution in [2.45, 2.75) is 19.4 Å². The van der Waals surface area contributed by atoms with Crippen LogP contribution >= 0.6 is 0 Å². The van der Waals surface area contributed by atoms with E-state index in [0.717, 1.165) is 43.0 Å². The van der Waals surface area contributed by atoms with Crippen molar-refractivity contribution in [3.63, 3.8) is 0 Å². The Labute approximate surface area is 95.3 Å². The Morgan fingerprint density at radius 3 is 2.88 bits per heavy atom. The minimum atomic E-state index is 0.936. The molecule has 0 amide bonds. The van der Waals surface area contributed by atoms with Gasteiger partial charge in [-0.15, -0.1) is 0 Å². The Morgan fingerprint density at radius 1 is 1.12 bits per heavy atom. The summed E-state index contributed by atoms with van der Waals surface area (Å²) in [5, 5.41) is 3.41. The summed E-state index contributed by atoms with van der Waals surface area (Å²) in [5.74, 6) is 2.15. The fourth-order valence-corrected chi connectivity index (χ4v) is 2.17. The number of fused-ring (bicyclic) bond motifs is 1. The molecule has 0 fully saturated rings. The molecule has 0 atom stereocenters. The summed E-state index contributed by atoms with van der Waals surface area (Å²) < 4.78 is 5.93. The van der Waals surface area contributed by atoms with Crippen molar-refractivity contribution in [1.82, 2.24) is 5.32 Å². The molecule has 0 bridgehead atoms. The van der Waals surface area contributed by atoms with Gasteiger partial charge >= 0.3 is 0 Å². The van der Waals surface area contributed by atoms with E-state index >= 15 is 0 Å². The summed E-state index contributed by atoms with van der Waals surface area (Å²) in [6.45, 7) is 2.02. The van der Waals surface area contributed by atoms with E-state index in [1.807, 2.05) is 18.2 Å². The van der Waals surface area contributed by atoms with E-state index in [2.05, 4.69) is 23.5 Å². The van der Waals surface area contributed by atoms with Crippen LogP contribution in [-0.2, 0) is 13.0 Å². The zero-order chi connectivity index (χ0) is 10.8. The summed E-state index contributed by atoms with van der Waals surface area (Å²) in [6, 6.07) is 12.5. The highest BCUT2D eigenvalue weighted by atomic mass is 16.3. The average molecular weight is 213 g/mol. The van der Waals surface area contributed by atoms with Crippen LogP contribution < -0.4 is 5.32 Å². The fourth-order valence-electron chi connectivity index (χ4n) is 2.17. The number of hydrogen-bond donors (Lipinski definition) is 1. The average Bonchev–Trinajstić information content (AvgIpc) is 2.62. The van der Waals surface area contributed by atoms with Crippen molar-refractivity contribution < 1.29 is 4.42 Å². The molecule has 1 aromatic heterocycles. The van der Waals surface area contributed by atoms with Crippen LogP contribution in [0.4, 0.5) is 0 Å². The van der Waals surface area contributed by atoms with Gasteiger partial charge in [0.05, 0.1) is 0 Å². The maximum Gasteiger partial charge on any atom is 0.134 e. The van der Waals surface area contributed by atoms with Gasteiger partial charge in [0.1, 0.15) is 11.5 Å². The largest absolute Gasteiger partial charge is 0.461 e. The molecule has 2 nitrogen and oxygen atoms in total. The van der Waals surface area contributed by atoms with Gasteiger partial charge in [0.15, 0.2) is 0 Å². The maximum absolute atomic E-state index is 5.93. The highest BCUT2D eigenvalue weighted by Crippen LogP contribution is 2.27. The van der Waals surface area contributed by atoms with Crippen LogP contribution in [0.2, 0.25) is 0 Å². The maximum atomic E-state index is 5.93. The molecular weight excluding hydrogens is 198 g/mol. The van der Waals surface area contributed by atoms with Crippen LogP contribution in [0.25, 0.3) is 11.3 Å². The first-order chi connectivity index (χ1) is 7.93. The van der Waals surface area contributed by atoms with Crippen molar-refractivity contribution in [2.75, 3.05) is 6.54 Å². The first-order valence-corrected chi connectivity index (χ1v) is 5.81. The molecule has 0 saturated heterocycles. The minimum Gasteiger partial charge on any atom is -0.461 e. The molecule has 0 unspecified atom stereocenters. The van der Waals surface area contributed by atoms with Gasteiger partial charge in [0.25, 0.3) is 0 Å². The van der Waals surface area contributed by atoms with Crippen LogP contribution in [0.5, 0.6) is 0 Å². The Hall–Kier alpha value is -1.54. The van der Waals surface area contributed by atoms with E-state index in [-0.39, 0.29) is 0 Å². The van der Waals surface area contributed by atoms with Crippen LogP contribution in [0, 0.1) is 0 Å². The van der Waals surface area contributed by atoms with Gasteiger partial charge in [0.2, 0.25) is 0 Å². The third kappa shape index (κ3) is 1.76. The lowest BCUT2D eigenvalue weighted by molar-refractivity contribution is 0.516. The lowest BCUT2D eigenvalue weighted by Crippen LogP contribution is -2.11. The molecule has 0 aliphatic carbocycles. The molecule has 16 heavy (non-hydrogen) atoms. The molecule has 2 aromatic rings. The molecule has 0 saturated carbocycles. The van der Waals surface area contributed by atoms with Crippen molar-refractivity contribution in [2.24, 2.45) is 0 Å². The van der Waals surface area contributed by atoms with Gasteiger partial charge in [0, 0.05) is 24.1 Å². The Kier molecular flexibility index (Phi) is 2.50. The van der Waals surface area contributed by atoms with Gasteiger partial charge < -0.3 is 9.73 Å². The normalized spacial score (nSPS) is 15.5. The van der Waals surface area contributed by atoms with Crippen LogP contribution in [-0.4, -0.2) is 6.54 Å². The molecule has 1 aliphatic heterocycles. The summed E-state index contributed by atoms with van der Waals surface area (Å²) in [4.78, 5) is 0. The SMILES string of the molecule is c1ccc(-c2cc3c(o2)CCCNC3)cc1. The highest BCUT2D eigenvalue weighted by Gasteiger charge is 2.14. The van der Waals surface area contributed by atoms with E-state index in [9.17, 15) is 0 Å². The van der Waals surface area contributed by atoms with Crippen LogP contribution in [0.3, 0.4) is 0 Å².